The Morgan fingerprint density at radius 2 is 2.35 bits per heavy atom. The fourth-order valence-electron chi connectivity index (χ4n) is 2.72. The molecule has 0 aliphatic carbocycles. The molecule has 0 aromatic carbocycles. The number of pyridine rings is 1. The van der Waals surface area contributed by atoms with Crippen LogP contribution in [0.5, 0.6) is 0 Å². The van der Waals surface area contributed by atoms with E-state index in [4.69, 9.17) is 4.74 Å². The molecule has 0 bridgehead atoms. The number of rotatable bonds is 5. The molecule has 1 saturated heterocycles. The highest BCUT2D eigenvalue weighted by Gasteiger charge is 2.18. The predicted octanol–water partition coefficient (Wildman–Crippen LogP) is 2.92. The average Bonchev–Trinajstić information content (AvgIpc) is 2.99. The predicted molar refractivity (Wildman–Crippen MR) is 94.0 cm³/mol. The first-order chi connectivity index (χ1) is 11.1. The van der Waals surface area contributed by atoms with Gasteiger partial charge in [-0.05, 0) is 38.5 Å². The Bertz CT molecular complexity index is 645. The van der Waals surface area contributed by atoms with Crippen LogP contribution in [0.15, 0.2) is 24.5 Å². The van der Waals surface area contributed by atoms with Crippen molar-refractivity contribution in [1.29, 1.82) is 0 Å². The van der Waals surface area contributed by atoms with Crippen molar-refractivity contribution in [3.8, 4) is 0 Å². The molecule has 2 aromatic rings. The van der Waals surface area contributed by atoms with Crippen LogP contribution in [0, 0.1) is 6.92 Å². The quantitative estimate of drug-likeness (QED) is 0.912. The van der Waals surface area contributed by atoms with Gasteiger partial charge in [0, 0.05) is 42.9 Å². The van der Waals surface area contributed by atoms with E-state index in [1.54, 1.807) is 11.3 Å². The normalized spacial score (nSPS) is 19.8. The lowest BCUT2D eigenvalue weighted by molar-refractivity contribution is 0.0529. The fraction of sp³-hybridized carbons (Fsp3) is 0.529. The molecular formula is C17H24N4OS. The highest BCUT2D eigenvalue weighted by Crippen LogP contribution is 2.21. The first kappa shape index (κ1) is 16.4. The van der Waals surface area contributed by atoms with Crippen molar-refractivity contribution in [2.45, 2.75) is 39.5 Å². The Morgan fingerprint density at radius 3 is 3.09 bits per heavy atom. The Labute approximate surface area is 141 Å². The van der Waals surface area contributed by atoms with E-state index in [1.807, 2.05) is 19.3 Å². The van der Waals surface area contributed by atoms with E-state index in [1.165, 1.54) is 10.4 Å². The molecule has 3 heterocycles. The second-order valence-electron chi connectivity index (χ2n) is 6.03. The second-order valence-corrected chi connectivity index (χ2v) is 7.30. The lowest BCUT2D eigenvalue weighted by Crippen LogP contribution is -2.41. The molecule has 1 fully saturated rings. The SMILES string of the molecule is Cc1ncc([C@H](C)NCc2ccnc(N3CCO[C@H](C)C3)c2)s1. The number of nitrogens with one attached hydrogen (secondary N) is 1. The van der Waals surface area contributed by atoms with E-state index in [-0.39, 0.29) is 6.10 Å². The van der Waals surface area contributed by atoms with Gasteiger partial charge < -0.3 is 15.0 Å². The first-order valence-corrected chi connectivity index (χ1v) is 8.90. The summed E-state index contributed by atoms with van der Waals surface area (Å²) >= 11 is 1.75. The lowest BCUT2D eigenvalue weighted by atomic mass is 10.2. The maximum Gasteiger partial charge on any atom is 0.128 e. The monoisotopic (exact) mass is 332 g/mol. The molecule has 3 rings (SSSR count). The van der Waals surface area contributed by atoms with Crippen molar-refractivity contribution in [3.05, 3.63) is 40.0 Å². The minimum atomic E-state index is 0.266. The molecule has 0 amide bonds. The van der Waals surface area contributed by atoms with Gasteiger partial charge in [0.15, 0.2) is 0 Å². The maximum absolute atomic E-state index is 5.60. The number of anilines is 1. The number of aryl methyl sites for hydroxylation is 1. The zero-order valence-electron chi connectivity index (χ0n) is 14.0. The third-order valence-electron chi connectivity index (χ3n) is 4.05. The number of aromatic nitrogens is 2. The van der Waals surface area contributed by atoms with Gasteiger partial charge >= 0.3 is 0 Å². The van der Waals surface area contributed by atoms with Crippen molar-refractivity contribution in [1.82, 2.24) is 15.3 Å². The van der Waals surface area contributed by atoms with E-state index in [2.05, 4.69) is 46.2 Å². The van der Waals surface area contributed by atoms with Crippen LogP contribution in [0.4, 0.5) is 5.82 Å². The molecule has 2 atom stereocenters. The minimum absolute atomic E-state index is 0.266. The molecule has 2 aromatic heterocycles. The minimum Gasteiger partial charge on any atom is -0.375 e. The lowest BCUT2D eigenvalue weighted by Gasteiger charge is -2.32. The number of nitrogens with zero attached hydrogens (tertiary/aromatic N) is 3. The molecular weight excluding hydrogens is 308 g/mol. The molecule has 0 radical (unpaired) electrons. The van der Waals surface area contributed by atoms with Gasteiger partial charge in [-0.2, -0.15) is 0 Å². The molecule has 5 nitrogen and oxygen atoms in total. The van der Waals surface area contributed by atoms with E-state index < -0.39 is 0 Å². The number of hydrogen-bond acceptors (Lipinski definition) is 6. The van der Waals surface area contributed by atoms with Crippen LogP contribution in [0.1, 0.15) is 35.3 Å². The third-order valence-corrected chi connectivity index (χ3v) is 5.15. The van der Waals surface area contributed by atoms with Gasteiger partial charge in [-0.25, -0.2) is 9.97 Å². The van der Waals surface area contributed by atoms with E-state index in [0.29, 0.717) is 6.04 Å². The standard InChI is InChI=1S/C17H24N4OS/c1-12-11-21(6-7-22-12)17-8-15(4-5-18-17)9-19-13(2)16-10-20-14(3)23-16/h4-5,8,10,12-13,19H,6-7,9,11H2,1-3H3/t12-,13+/m1/s1. The van der Waals surface area contributed by atoms with Crippen LogP contribution >= 0.6 is 11.3 Å². The Balaban J connectivity index is 1.61. The zero-order valence-corrected chi connectivity index (χ0v) is 14.8. The van der Waals surface area contributed by atoms with Gasteiger partial charge in [0.25, 0.3) is 0 Å². The Hall–Kier alpha value is -1.50. The average molecular weight is 332 g/mol. The molecule has 0 saturated carbocycles. The van der Waals surface area contributed by atoms with Crippen molar-refractivity contribution in [2.24, 2.45) is 0 Å². The summed E-state index contributed by atoms with van der Waals surface area (Å²) in [5.41, 5.74) is 1.25. The Kier molecular flexibility index (Phi) is 5.25. The van der Waals surface area contributed by atoms with Gasteiger partial charge in [-0.3, -0.25) is 0 Å². The molecule has 1 aliphatic rings. The largest absolute Gasteiger partial charge is 0.375 e. The molecule has 23 heavy (non-hydrogen) atoms. The van der Waals surface area contributed by atoms with Crippen molar-refractivity contribution in [2.75, 3.05) is 24.6 Å². The second kappa shape index (κ2) is 7.38. The summed E-state index contributed by atoms with van der Waals surface area (Å²) < 4.78 is 5.60. The van der Waals surface area contributed by atoms with Crippen molar-refractivity contribution >= 4 is 17.2 Å². The third kappa shape index (κ3) is 4.28. The molecule has 1 N–H and O–H groups in total. The molecule has 1 aliphatic heterocycles. The summed E-state index contributed by atoms with van der Waals surface area (Å²) in [6.07, 6.45) is 4.13. The van der Waals surface area contributed by atoms with Gasteiger partial charge in [0.1, 0.15) is 5.82 Å². The van der Waals surface area contributed by atoms with E-state index >= 15 is 0 Å². The first-order valence-electron chi connectivity index (χ1n) is 8.09. The smallest absolute Gasteiger partial charge is 0.128 e. The van der Waals surface area contributed by atoms with Crippen LogP contribution < -0.4 is 10.2 Å². The summed E-state index contributed by atoms with van der Waals surface area (Å²) in [7, 11) is 0. The summed E-state index contributed by atoms with van der Waals surface area (Å²) in [5, 5.41) is 4.68. The van der Waals surface area contributed by atoms with Crippen LogP contribution in [0.2, 0.25) is 0 Å². The Morgan fingerprint density at radius 1 is 1.48 bits per heavy atom. The topological polar surface area (TPSA) is 50.3 Å². The van der Waals surface area contributed by atoms with Crippen LogP contribution in [-0.2, 0) is 11.3 Å². The summed E-state index contributed by atoms with van der Waals surface area (Å²) in [6, 6.07) is 4.56. The number of morpholine rings is 1. The van der Waals surface area contributed by atoms with Gasteiger partial charge in [0.2, 0.25) is 0 Å². The molecule has 6 heteroatoms. The van der Waals surface area contributed by atoms with Crippen molar-refractivity contribution < 1.29 is 4.74 Å². The summed E-state index contributed by atoms with van der Waals surface area (Å²) in [6.45, 7) is 9.74. The highest BCUT2D eigenvalue weighted by molar-refractivity contribution is 7.11. The van der Waals surface area contributed by atoms with Crippen molar-refractivity contribution in [3.63, 3.8) is 0 Å². The van der Waals surface area contributed by atoms with Gasteiger partial charge in [-0.15, -0.1) is 11.3 Å². The van der Waals surface area contributed by atoms with Gasteiger partial charge in [-0.1, -0.05) is 0 Å². The zero-order chi connectivity index (χ0) is 16.2. The molecule has 0 unspecified atom stereocenters. The fourth-order valence-corrected chi connectivity index (χ4v) is 3.53. The van der Waals surface area contributed by atoms with Crippen LogP contribution in [-0.4, -0.2) is 35.8 Å². The number of hydrogen-bond donors (Lipinski definition) is 1. The molecule has 0 spiro atoms. The van der Waals surface area contributed by atoms with E-state index in [9.17, 15) is 0 Å². The number of ether oxygens (including phenoxy) is 1. The van der Waals surface area contributed by atoms with Crippen LogP contribution in [0.25, 0.3) is 0 Å². The van der Waals surface area contributed by atoms with Gasteiger partial charge in [0.05, 0.1) is 17.7 Å². The maximum atomic E-state index is 5.60. The van der Waals surface area contributed by atoms with Crippen LogP contribution in [0.3, 0.4) is 0 Å². The summed E-state index contributed by atoms with van der Waals surface area (Å²) in [5.74, 6) is 1.04. The number of thiazole rings is 1. The highest BCUT2D eigenvalue weighted by atomic mass is 32.1. The summed E-state index contributed by atoms with van der Waals surface area (Å²) in [4.78, 5) is 12.4. The molecule has 124 valence electrons. The van der Waals surface area contributed by atoms with E-state index in [0.717, 1.165) is 37.1 Å².